The number of rotatable bonds is 2. The highest BCUT2D eigenvalue weighted by atomic mass is 16.4. The highest BCUT2D eigenvalue weighted by Crippen LogP contribution is 2.15. The molecule has 88 valence electrons. The maximum atomic E-state index is 11.5. The van der Waals surface area contributed by atoms with Crippen LogP contribution in [0.5, 0.6) is 0 Å². The molecule has 2 N–H and O–H groups in total. The highest BCUT2D eigenvalue weighted by Gasteiger charge is 2.28. The Labute approximate surface area is 95.8 Å². The van der Waals surface area contributed by atoms with Crippen LogP contribution in [0.15, 0.2) is 18.3 Å². The summed E-state index contributed by atoms with van der Waals surface area (Å²) in [5.74, 6) is -2.53. The van der Waals surface area contributed by atoms with Gasteiger partial charge in [0.2, 0.25) is 5.91 Å². The van der Waals surface area contributed by atoms with E-state index in [1.54, 1.807) is 0 Å². The minimum atomic E-state index is -1.34. The van der Waals surface area contributed by atoms with Crippen molar-refractivity contribution in [2.45, 2.75) is 5.92 Å². The summed E-state index contributed by atoms with van der Waals surface area (Å²) in [5.41, 5.74) is 0.226. The molecule has 1 aromatic heterocycles. The van der Waals surface area contributed by atoms with Gasteiger partial charge in [-0.1, -0.05) is 0 Å². The molecule has 7 heteroatoms. The number of aromatic carboxylic acids is 1. The number of carboxylic acids is 1. The minimum Gasteiger partial charge on any atom is -0.545 e. The molecule has 0 bridgehead atoms. The molecule has 1 atom stereocenters. The van der Waals surface area contributed by atoms with E-state index in [0.717, 1.165) is 0 Å². The fraction of sp³-hybridized carbons (Fsp3) is 0.200. The summed E-state index contributed by atoms with van der Waals surface area (Å²) < 4.78 is 0. The van der Waals surface area contributed by atoms with E-state index in [-0.39, 0.29) is 17.8 Å². The Kier molecular flexibility index (Phi) is 2.73. The topological polar surface area (TPSA) is 111 Å². The molecule has 0 aromatic carbocycles. The van der Waals surface area contributed by atoms with Crippen LogP contribution in [-0.4, -0.2) is 29.4 Å². The van der Waals surface area contributed by atoms with Crippen molar-refractivity contribution < 1.29 is 19.5 Å². The lowest BCUT2D eigenvalue weighted by Crippen LogP contribution is -2.51. The number of nitrogens with zero attached hydrogens (tertiary/aromatic N) is 1. The van der Waals surface area contributed by atoms with E-state index in [1.807, 2.05) is 0 Å². The molecule has 1 fully saturated rings. The third-order valence-corrected chi connectivity index (χ3v) is 2.39. The molecular formula is C10H8N3O4-. The second kappa shape index (κ2) is 4.20. The van der Waals surface area contributed by atoms with Gasteiger partial charge in [-0.05, 0) is 12.1 Å². The number of hydrogen-bond acceptors (Lipinski definition) is 5. The van der Waals surface area contributed by atoms with Gasteiger partial charge in [0.1, 0.15) is 0 Å². The van der Waals surface area contributed by atoms with Crippen molar-refractivity contribution in [3.8, 4) is 0 Å². The SMILES string of the molecule is O=C1NC[C@@H](c2cc(C(=O)[O-])ccn2)C(=O)N1. The molecule has 2 heterocycles. The monoisotopic (exact) mass is 234 g/mol. The average molecular weight is 234 g/mol. The van der Waals surface area contributed by atoms with Crippen LogP contribution in [-0.2, 0) is 4.79 Å². The van der Waals surface area contributed by atoms with E-state index >= 15 is 0 Å². The minimum absolute atomic E-state index is 0.0558. The van der Waals surface area contributed by atoms with Crippen LogP contribution < -0.4 is 15.7 Å². The van der Waals surface area contributed by atoms with Crippen molar-refractivity contribution in [2.75, 3.05) is 6.54 Å². The number of carboxylic acid groups (broad SMARTS) is 1. The zero-order chi connectivity index (χ0) is 12.4. The predicted octanol–water partition coefficient (Wildman–Crippen LogP) is -1.63. The molecule has 0 radical (unpaired) electrons. The van der Waals surface area contributed by atoms with Crippen LogP contribution in [0.4, 0.5) is 4.79 Å². The molecule has 0 saturated carbocycles. The number of nitrogens with one attached hydrogen (secondary N) is 2. The van der Waals surface area contributed by atoms with E-state index in [4.69, 9.17) is 0 Å². The fourth-order valence-corrected chi connectivity index (χ4v) is 1.54. The van der Waals surface area contributed by atoms with Crippen molar-refractivity contribution in [3.63, 3.8) is 0 Å². The Morgan fingerprint density at radius 1 is 1.47 bits per heavy atom. The Morgan fingerprint density at radius 3 is 2.88 bits per heavy atom. The van der Waals surface area contributed by atoms with Gasteiger partial charge < -0.3 is 15.2 Å². The number of pyridine rings is 1. The molecule has 17 heavy (non-hydrogen) atoms. The molecule has 0 unspecified atom stereocenters. The number of amides is 3. The number of urea groups is 1. The second-order valence-electron chi connectivity index (χ2n) is 3.51. The summed E-state index contributed by atoms with van der Waals surface area (Å²) in [6.45, 7) is 0.0914. The van der Waals surface area contributed by atoms with Gasteiger partial charge in [-0.3, -0.25) is 15.1 Å². The summed E-state index contributed by atoms with van der Waals surface area (Å²) in [6, 6.07) is 1.97. The van der Waals surface area contributed by atoms with Gasteiger partial charge >= 0.3 is 6.03 Å². The van der Waals surface area contributed by atoms with E-state index in [1.165, 1.54) is 18.3 Å². The molecule has 3 amide bonds. The second-order valence-corrected chi connectivity index (χ2v) is 3.51. The maximum absolute atomic E-state index is 11.5. The first-order chi connectivity index (χ1) is 8.08. The molecule has 1 aliphatic heterocycles. The fourth-order valence-electron chi connectivity index (χ4n) is 1.54. The molecule has 1 aromatic rings. The quantitative estimate of drug-likeness (QED) is 0.638. The number of carbonyl (C=O) groups excluding carboxylic acids is 3. The zero-order valence-electron chi connectivity index (χ0n) is 8.60. The maximum Gasteiger partial charge on any atom is 0.321 e. The van der Waals surface area contributed by atoms with Gasteiger partial charge in [-0.2, -0.15) is 0 Å². The zero-order valence-corrected chi connectivity index (χ0v) is 8.60. The van der Waals surface area contributed by atoms with Crippen LogP contribution in [0, 0.1) is 0 Å². The predicted molar refractivity (Wildman–Crippen MR) is 52.8 cm³/mol. The van der Waals surface area contributed by atoms with Crippen molar-refractivity contribution in [1.29, 1.82) is 0 Å². The lowest BCUT2D eigenvalue weighted by atomic mass is 10.0. The highest BCUT2D eigenvalue weighted by molar-refractivity contribution is 6.00. The van der Waals surface area contributed by atoms with Gasteiger partial charge in [0.25, 0.3) is 0 Å². The average Bonchev–Trinajstić information content (AvgIpc) is 2.29. The smallest absolute Gasteiger partial charge is 0.321 e. The number of carbonyl (C=O) groups is 3. The number of imide groups is 1. The number of aromatic nitrogens is 1. The Bertz CT molecular complexity index is 500. The molecule has 1 aliphatic rings. The van der Waals surface area contributed by atoms with Crippen molar-refractivity contribution in [3.05, 3.63) is 29.6 Å². The van der Waals surface area contributed by atoms with E-state index < -0.39 is 23.8 Å². The van der Waals surface area contributed by atoms with E-state index in [9.17, 15) is 19.5 Å². The first kappa shape index (κ1) is 11.1. The molecule has 0 spiro atoms. The van der Waals surface area contributed by atoms with Crippen molar-refractivity contribution >= 4 is 17.9 Å². The summed E-state index contributed by atoms with van der Waals surface area (Å²) in [5, 5.41) is 15.2. The Hall–Kier alpha value is -2.44. The van der Waals surface area contributed by atoms with E-state index in [2.05, 4.69) is 15.6 Å². The van der Waals surface area contributed by atoms with Crippen molar-refractivity contribution in [2.24, 2.45) is 0 Å². The summed E-state index contributed by atoms with van der Waals surface area (Å²) in [7, 11) is 0. The van der Waals surface area contributed by atoms with E-state index in [0.29, 0.717) is 0 Å². The third kappa shape index (κ3) is 2.22. The van der Waals surface area contributed by atoms with Crippen LogP contribution in [0.3, 0.4) is 0 Å². The summed E-state index contributed by atoms with van der Waals surface area (Å²) in [4.78, 5) is 36.9. The molecule has 2 rings (SSSR count). The molecule has 1 saturated heterocycles. The molecular weight excluding hydrogens is 226 g/mol. The number of hydrogen-bond donors (Lipinski definition) is 2. The van der Waals surface area contributed by atoms with Gasteiger partial charge in [0.15, 0.2) is 0 Å². The normalized spacial score (nSPS) is 19.4. The lowest BCUT2D eigenvalue weighted by Gasteiger charge is -2.21. The Balaban J connectivity index is 2.28. The van der Waals surface area contributed by atoms with Gasteiger partial charge in [-0.25, -0.2) is 4.79 Å². The van der Waals surface area contributed by atoms with Crippen molar-refractivity contribution in [1.82, 2.24) is 15.6 Å². The van der Waals surface area contributed by atoms with Crippen LogP contribution >= 0.6 is 0 Å². The summed E-state index contributed by atoms with van der Waals surface area (Å²) in [6.07, 6.45) is 1.28. The van der Waals surface area contributed by atoms with Crippen LogP contribution in [0.1, 0.15) is 22.0 Å². The Morgan fingerprint density at radius 2 is 2.24 bits per heavy atom. The molecule has 7 nitrogen and oxygen atoms in total. The van der Waals surface area contributed by atoms with Crippen LogP contribution in [0.2, 0.25) is 0 Å². The van der Waals surface area contributed by atoms with Gasteiger partial charge in [-0.15, -0.1) is 0 Å². The molecule has 0 aliphatic carbocycles. The largest absolute Gasteiger partial charge is 0.545 e. The third-order valence-electron chi connectivity index (χ3n) is 2.39. The standard InChI is InChI=1S/C10H9N3O4/c14-8-6(4-12-10(17)13-8)7-3-5(9(15)16)1-2-11-7/h1-3,6H,4H2,(H,15,16)(H2,12,13,14,17)/p-1/t6-/m0/s1. The van der Waals surface area contributed by atoms with Gasteiger partial charge in [0, 0.05) is 18.3 Å². The first-order valence-electron chi connectivity index (χ1n) is 4.84. The van der Waals surface area contributed by atoms with Crippen LogP contribution in [0.25, 0.3) is 0 Å². The first-order valence-corrected chi connectivity index (χ1v) is 4.84. The van der Waals surface area contributed by atoms with Gasteiger partial charge in [0.05, 0.1) is 17.6 Å². The summed E-state index contributed by atoms with van der Waals surface area (Å²) >= 11 is 0. The lowest BCUT2D eigenvalue weighted by molar-refractivity contribution is -0.255.